The van der Waals surface area contributed by atoms with E-state index >= 15 is 0 Å². The van der Waals surface area contributed by atoms with Gasteiger partial charge < -0.3 is 30.4 Å². The van der Waals surface area contributed by atoms with Crippen LogP contribution in [0.2, 0.25) is 0 Å². The lowest BCUT2D eigenvalue weighted by atomic mass is 10.0. The van der Waals surface area contributed by atoms with Crippen LogP contribution in [0.15, 0.2) is 109 Å². The number of aryl methyl sites for hydroxylation is 3. The summed E-state index contributed by atoms with van der Waals surface area (Å²) in [5.41, 5.74) is 7.84. The Morgan fingerprint density at radius 2 is 1.54 bits per heavy atom. The van der Waals surface area contributed by atoms with E-state index in [2.05, 4.69) is 68.8 Å². The third kappa shape index (κ3) is 11.7. The molecule has 2 heterocycles. The Labute approximate surface area is 307 Å². The molecule has 0 aliphatic heterocycles. The summed E-state index contributed by atoms with van der Waals surface area (Å²) >= 11 is 0. The minimum atomic E-state index is -0.676. The van der Waals surface area contributed by atoms with Crippen LogP contribution in [0.4, 0.5) is 0 Å². The SMILES string of the molecule is Cc1ccc(C)n1-c1ccc(C(O)CN[C@H](C)Cc2cccc(CC(=O)NCc3ccc(C(=O)NCCOCCCc4ccccc4)cc3)c2)cn1. The molecule has 3 aromatic carbocycles. The maximum atomic E-state index is 12.8. The predicted molar refractivity (Wildman–Crippen MR) is 206 cm³/mol. The van der Waals surface area contributed by atoms with E-state index in [-0.39, 0.29) is 24.3 Å². The summed E-state index contributed by atoms with van der Waals surface area (Å²) in [6.07, 6.45) is 4.01. The second-order valence-electron chi connectivity index (χ2n) is 13.4. The highest BCUT2D eigenvalue weighted by Gasteiger charge is 2.13. The van der Waals surface area contributed by atoms with Crippen LogP contribution in [0.1, 0.15) is 69.0 Å². The predicted octanol–water partition coefficient (Wildman–Crippen LogP) is 5.98. The normalized spacial score (nSPS) is 12.3. The Morgan fingerprint density at radius 3 is 2.27 bits per heavy atom. The van der Waals surface area contributed by atoms with Crippen LogP contribution in [-0.2, 0) is 35.3 Å². The molecular weight excluding hydrogens is 651 g/mol. The summed E-state index contributed by atoms with van der Waals surface area (Å²) in [7, 11) is 0. The van der Waals surface area contributed by atoms with E-state index in [4.69, 9.17) is 4.74 Å². The Hall–Kier alpha value is -5.09. The number of aromatic nitrogens is 2. The van der Waals surface area contributed by atoms with Crippen molar-refractivity contribution in [2.24, 2.45) is 0 Å². The molecule has 4 N–H and O–H groups in total. The van der Waals surface area contributed by atoms with Crippen molar-refractivity contribution in [2.75, 3.05) is 26.3 Å². The van der Waals surface area contributed by atoms with Crippen molar-refractivity contribution < 1.29 is 19.4 Å². The number of carbonyl (C=O) groups excluding carboxylic acids is 2. The molecule has 272 valence electrons. The van der Waals surface area contributed by atoms with Crippen molar-refractivity contribution in [2.45, 2.75) is 65.1 Å². The lowest BCUT2D eigenvalue weighted by Gasteiger charge is -2.18. The maximum Gasteiger partial charge on any atom is 0.251 e. The first-order valence-corrected chi connectivity index (χ1v) is 18.1. The minimum absolute atomic E-state index is 0.0706. The number of nitrogens with one attached hydrogen (secondary N) is 3. The number of aliphatic hydroxyl groups excluding tert-OH is 1. The van der Waals surface area contributed by atoms with Gasteiger partial charge in [0.25, 0.3) is 5.91 Å². The van der Waals surface area contributed by atoms with Gasteiger partial charge in [0, 0.05) is 61.0 Å². The van der Waals surface area contributed by atoms with Crippen molar-refractivity contribution in [1.82, 2.24) is 25.5 Å². The van der Waals surface area contributed by atoms with Gasteiger partial charge in [-0.2, -0.15) is 0 Å². The lowest BCUT2D eigenvalue weighted by Crippen LogP contribution is -2.32. The first-order chi connectivity index (χ1) is 25.2. The van der Waals surface area contributed by atoms with Crippen molar-refractivity contribution in [3.8, 4) is 5.82 Å². The Bertz CT molecular complexity index is 1840. The number of amides is 2. The van der Waals surface area contributed by atoms with Crippen LogP contribution in [0, 0.1) is 13.8 Å². The second-order valence-corrected chi connectivity index (χ2v) is 13.4. The molecule has 2 atom stereocenters. The number of hydrogen-bond donors (Lipinski definition) is 4. The first kappa shape index (κ1) is 38.1. The highest BCUT2D eigenvalue weighted by Crippen LogP contribution is 2.18. The Morgan fingerprint density at radius 1 is 0.808 bits per heavy atom. The van der Waals surface area contributed by atoms with Gasteiger partial charge in [0.1, 0.15) is 5.82 Å². The zero-order chi connectivity index (χ0) is 36.7. The molecule has 2 amide bonds. The summed E-state index contributed by atoms with van der Waals surface area (Å²) in [5.74, 6) is 0.619. The van der Waals surface area contributed by atoms with E-state index < -0.39 is 6.10 Å². The van der Waals surface area contributed by atoms with Crippen molar-refractivity contribution in [3.05, 3.63) is 154 Å². The quantitative estimate of drug-likeness (QED) is 0.0788. The largest absolute Gasteiger partial charge is 0.387 e. The topological polar surface area (TPSA) is 118 Å². The Balaban J connectivity index is 0.972. The molecule has 0 bridgehead atoms. The highest BCUT2D eigenvalue weighted by atomic mass is 16.5. The van der Waals surface area contributed by atoms with Crippen LogP contribution >= 0.6 is 0 Å². The molecule has 0 saturated heterocycles. The average molecular weight is 702 g/mol. The average Bonchev–Trinajstić information content (AvgIpc) is 3.50. The van der Waals surface area contributed by atoms with Gasteiger partial charge >= 0.3 is 0 Å². The van der Waals surface area contributed by atoms with Gasteiger partial charge in [0.15, 0.2) is 0 Å². The third-order valence-corrected chi connectivity index (χ3v) is 9.05. The summed E-state index contributed by atoms with van der Waals surface area (Å²) in [4.78, 5) is 29.9. The van der Waals surface area contributed by atoms with E-state index in [1.165, 1.54) is 5.56 Å². The molecule has 0 aliphatic rings. The molecule has 5 rings (SSSR count). The number of benzene rings is 3. The number of hydrogen-bond acceptors (Lipinski definition) is 6. The standard InChI is InChI=1S/C43H51N5O4/c1-31(45-30-40(49)39-20-21-41(46-29-39)48-32(2)14-15-33(48)3)25-36-11-7-12-37(26-36)27-42(50)47-28-35-16-18-38(19-17-35)43(51)44-22-24-52-23-8-13-34-9-5-4-6-10-34/h4-7,9-12,14-21,26,29,31,40,45,49H,8,13,22-25,27-28,30H2,1-3H3,(H,44,51)(H,47,50)/t31-,40?/m1/s1. The molecule has 1 unspecified atom stereocenters. The van der Waals surface area contributed by atoms with Crippen LogP contribution in [-0.4, -0.2) is 58.8 Å². The summed E-state index contributed by atoms with van der Waals surface area (Å²) in [6, 6.07) is 33.7. The number of rotatable bonds is 19. The smallest absolute Gasteiger partial charge is 0.251 e. The van der Waals surface area contributed by atoms with Gasteiger partial charge in [-0.3, -0.25) is 9.59 Å². The van der Waals surface area contributed by atoms with Crippen LogP contribution in [0.5, 0.6) is 0 Å². The van der Waals surface area contributed by atoms with E-state index in [1.54, 1.807) is 18.3 Å². The Kier molecular flexibility index (Phi) is 14.3. The second kappa shape index (κ2) is 19.5. The van der Waals surface area contributed by atoms with Crippen molar-refractivity contribution in [3.63, 3.8) is 0 Å². The highest BCUT2D eigenvalue weighted by molar-refractivity contribution is 5.94. The molecule has 0 saturated carbocycles. The zero-order valence-corrected chi connectivity index (χ0v) is 30.5. The number of pyridine rings is 1. The number of ether oxygens (including phenoxy) is 1. The molecular formula is C43H51N5O4. The number of carbonyl (C=O) groups is 2. The van der Waals surface area contributed by atoms with E-state index in [0.29, 0.717) is 38.4 Å². The van der Waals surface area contributed by atoms with Gasteiger partial charge in [0.05, 0.1) is 19.1 Å². The van der Waals surface area contributed by atoms with E-state index in [9.17, 15) is 14.7 Å². The fourth-order valence-electron chi connectivity index (χ4n) is 6.17. The molecule has 0 fully saturated rings. The molecule has 0 spiro atoms. The van der Waals surface area contributed by atoms with Gasteiger partial charge in [0.2, 0.25) is 5.91 Å². The fourth-order valence-corrected chi connectivity index (χ4v) is 6.17. The number of nitrogens with zero attached hydrogens (tertiary/aromatic N) is 2. The zero-order valence-electron chi connectivity index (χ0n) is 30.5. The molecule has 2 aromatic heterocycles. The minimum Gasteiger partial charge on any atom is -0.387 e. The molecule has 5 aromatic rings. The van der Waals surface area contributed by atoms with Gasteiger partial charge in [-0.1, -0.05) is 72.8 Å². The molecule has 0 aliphatic carbocycles. The molecule has 52 heavy (non-hydrogen) atoms. The fraction of sp³-hybridized carbons (Fsp3) is 0.326. The lowest BCUT2D eigenvalue weighted by molar-refractivity contribution is -0.120. The molecule has 9 nitrogen and oxygen atoms in total. The summed E-state index contributed by atoms with van der Waals surface area (Å²) in [6.45, 7) is 8.54. The summed E-state index contributed by atoms with van der Waals surface area (Å²) in [5, 5.41) is 20.1. The van der Waals surface area contributed by atoms with Gasteiger partial charge in [-0.15, -0.1) is 0 Å². The van der Waals surface area contributed by atoms with Gasteiger partial charge in [-0.25, -0.2) is 4.98 Å². The molecule has 9 heteroatoms. The van der Waals surface area contributed by atoms with Crippen molar-refractivity contribution in [1.29, 1.82) is 0 Å². The van der Waals surface area contributed by atoms with E-state index in [1.807, 2.05) is 68.4 Å². The third-order valence-electron chi connectivity index (χ3n) is 9.05. The summed E-state index contributed by atoms with van der Waals surface area (Å²) < 4.78 is 7.75. The maximum absolute atomic E-state index is 12.8. The van der Waals surface area contributed by atoms with Crippen LogP contribution in [0.3, 0.4) is 0 Å². The van der Waals surface area contributed by atoms with Gasteiger partial charge in [-0.05, 0) is 92.6 Å². The monoisotopic (exact) mass is 701 g/mol. The molecule has 0 radical (unpaired) electrons. The number of aliphatic hydroxyl groups is 1. The first-order valence-electron chi connectivity index (χ1n) is 18.1. The van der Waals surface area contributed by atoms with Crippen molar-refractivity contribution >= 4 is 11.8 Å². The van der Waals surface area contributed by atoms with E-state index in [0.717, 1.165) is 58.7 Å². The van der Waals surface area contributed by atoms with Crippen LogP contribution in [0.25, 0.3) is 5.82 Å². The van der Waals surface area contributed by atoms with Crippen LogP contribution < -0.4 is 16.0 Å².